The van der Waals surface area contributed by atoms with E-state index < -0.39 is 5.54 Å². The first-order valence-electron chi connectivity index (χ1n) is 6.94. The summed E-state index contributed by atoms with van der Waals surface area (Å²) in [5, 5.41) is 0. The lowest BCUT2D eigenvalue weighted by molar-refractivity contribution is -0.124. The van der Waals surface area contributed by atoms with E-state index in [9.17, 15) is 4.79 Å². The van der Waals surface area contributed by atoms with Gasteiger partial charge in [0, 0.05) is 0 Å². The highest BCUT2D eigenvalue weighted by Gasteiger charge is 2.43. The van der Waals surface area contributed by atoms with Crippen molar-refractivity contribution in [1.82, 2.24) is 4.90 Å². The zero-order valence-electron chi connectivity index (χ0n) is 10.7. The Labute approximate surface area is 104 Å². The number of rotatable bonds is 4. The molecule has 1 amide bonds. The van der Waals surface area contributed by atoms with Gasteiger partial charge in [-0.15, -0.1) is 0 Å². The molecule has 0 aromatic carbocycles. The first-order chi connectivity index (χ1) is 8.13. The fourth-order valence-electron chi connectivity index (χ4n) is 3.35. The zero-order valence-corrected chi connectivity index (χ0v) is 10.7. The highest BCUT2D eigenvalue weighted by molar-refractivity contribution is 5.85. The van der Waals surface area contributed by atoms with Crippen LogP contribution < -0.4 is 11.5 Å². The topological polar surface area (TPSA) is 72.3 Å². The molecule has 0 aromatic heterocycles. The van der Waals surface area contributed by atoms with E-state index in [-0.39, 0.29) is 5.91 Å². The molecule has 0 bridgehead atoms. The Hall–Kier alpha value is -0.610. The fraction of sp³-hybridized carbons (Fsp3) is 0.923. The van der Waals surface area contributed by atoms with Gasteiger partial charge in [0.1, 0.15) is 0 Å². The summed E-state index contributed by atoms with van der Waals surface area (Å²) in [4.78, 5) is 14.0. The summed E-state index contributed by atoms with van der Waals surface area (Å²) in [5.41, 5.74) is 10.9. The number of likely N-dealkylation sites (tertiary alicyclic amines) is 1. The van der Waals surface area contributed by atoms with Gasteiger partial charge in [-0.1, -0.05) is 12.8 Å². The lowest BCUT2D eigenvalue weighted by Crippen LogP contribution is -2.55. The Bertz CT molecular complexity index is 276. The van der Waals surface area contributed by atoms with Gasteiger partial charge in [-0.2, -0.15) is 0 Å². The lowest BCUT2D eigenvalue weighted by Gasteiger charge is -2.32. The van der Waals surface area contributed by atoms with Crippen LogP contribution in [0.25, 0.3) is 0 Å². The average molecular weight is 239 g/mol. The molecular weight excluding hydrogens is 214 g/mol. The summed E-state index contributed by atoms with van der Waals surface area (Å²) in [6, 6.07) is 0. The molecule has 2 aliphatic rings. The van der Waals surface area contributed by atoms with Gasteiger partial charge in [0.2, 0.25) is 5.91 Å². The van der Waals surface area contributed by atoms with Crippen LogP contribution in [0.3, 0.4) is 0 Å². The molecule has 0 spiro atoms. The largest absolute Gasteiger partial charge is 0.368 e. The summed E-state index contributed by atoms with van der Waals surface area (Å²) < 4.78 is 0. The first-order valence-corrected chi connectivity index (χ1v) is 6.94. The molecule has 0 aromatic rings. The van der Waals surface area contributed by atoms with Crippen LogP contribution in [0, 0.1) is 5.92 Å². The third-order valence-electron chi connectivity index (χ3n) is 4.57. The van der Waals surface area contributed by atoms with Gasteiger partial charge >= 0.3 is 0 Å². The third-order valence-corrected chi connectivity index (χ3v) is 4.57. The second-order valence-electron chi connectivity index (χ2n) is 5.68. The predicted octanol–water partition coefficient (Wildman–Crippen LogP) is 0.845. The standard InChI is InChI=1S/C13H25N3O/c14-12(17)13(15)7-4-5-11(13)6-10-16-8-2-1-3-9-16/h11H,1-10,15H2,(H2,14,17). The predicted molar refractivity (Wildman–Crippen MR) is 68.4 cm³/mol. The van der Waals surface area contributed by atoms with Crippen LogP contribution in [0.4, 0.5) is 0 Å². The van der Waals surface area contributed by atoms with Gasteiger partial charge in [0.25, 0.3) is 0 Å². The van der Waals surface area contributed by atoms with Gasteiger partial charge in [0.15, 0.2) is 0 Å². The Morgan fingerprint density at radius 2 is 1.94 bits per heavy atom. The monoisotopic (exact) mass is 239 g/mol. The molecule has 2 unspecified atom stereocenters. The summed E-state index contributed by atoms with van der Waals surface area (Å²) >= 11 is 0. The minimum absolute atomic E-state index is 0.293. The van der Waals surface area contributed by atoms with Crippen molar-refractivity contribution in [3.05, 3.63) is 0 Å². The van der Waals surface area contributed by atoms with Crippen LogP contribution in [0.2, 0.25) is 0 Å². The van der Waals surface area contributed by atoms with E-state index in [4.69, 9.17) is 11.5 Å². The first kappa shape index (κ1) is 12.8. The molecule has 2 rings (SSSR count). The van der Waals surface area contributed by atoms with E-state index in [0.29, 0.717) is 5.92 Å². The zero-order chi connectivity index (χ0) is 12.3. The number of carbonyl (C=O) groups excluding carboxylic acids is 1. The highest BCUT2D eigenvalue weighted by atomic mass is 16.1. The molecule has 1 heterocycles. The van der Waals surface area contributed by atoms with Crippen molar-refractivity contribution in [3.8, 4) is 0 Å². The summed E-state index contributed by atoms with van der Waals surface area (Å²) in [5.74, 6) is -0.0134. The molecule has 1 saturated heterocycles. The molecule has 1 aliphatic carbocycles. The normalized spacial score (nSPS) is 35.0. The van der Waals surface area contributed by atoms with E-state index >= 15 is 0 Å². The van der Waals surface area contributed by atoms with Crippen molar-refractivity contribution in [2.24, 2.45) is 17.4 Å². The van der Waals surface area contributed by atoms with Crippen LogP contribution in [0.5, 0.6) is 0 Å². The minimum atomic E-state index is -0.726. The molecule has 1 saturated carbocycles. The number of primary amides is 1. The van der Waals surface area contributed by atoms with Crippen LogP contribution in [-0.4, -0.2) is 36.0 Å². The van der Waals surface area contributed by atoms with Gasteiger partial charge in [-0.05, 0) is 57.7 Å². The maximum Gasteiger partial charge on any atom is 0.237 e. The van der Waals surface area contributed by atoms with Gasteiger partial charge in [-0.3, -0.25) is 4.79 Å². The molecule has 4 N–H and O–H groups in total. The number of hydrogen-bond acceptors (Lipinski definition) is 3. The summed E-state index contributed by atoms with van der Waals surface area (Å²) in [6.07, 6.45) is 7.90. The Morgan fingerprint density at radius 3 is 2.59 bits per heavy atom. The Kier molecular flexibility index (Phi) is 4.05. The number of hydrogen-bond donors (Lipinski definition) is 2. The van der Waals surface area contributed by atoms with Crippen LogP contribution in [-0.2, 0) is 4.79 Å². The second kappa shape index (κ2) is 5.36. The number of nitrogens with zero attached hydrogens (tertiary/aromatic N) is 1. The van der Waals surface area contributed by atoms with Crippen molar-refractivity contribution in [2.75, 3.05) is 19.6 Å². The highest BCUT2D eigenvalue weighted by Crippen LogP contribution is 2.36. The van der Waals surface area contributed by atoms with E-state index in [1.54, 1.807) is 0 Å². The number of carbonyl (C=O) groups is 1. The van der Waals surface area contributed by atoms with E-state index in [1.807, 2.05) is 0 Å². The maximum absolute atomic E-state index is 11.5. The Balaban J connectivity index is 1.83. The molecule has 2 atom stereocenters. The number of nitrogens with two attached hydrogens (primary N) is 2. The van der Waals surface area contributed by atoms with Crippen molar-refractivity contribution in [3.63, 3.8) is 0 Å². The molecule has 4 heteroatoms. The minimum Gasteiger partial charge on any atom is -0.368 e. The van der Waals surface area contributed by atoms with E-state index in [2.05, 4.69) is 4.90 Å². The maximum atomic E-state index is 11.5. The van der Waals surface area contributed by atoms with Crippen LogP contribution in [0.15, 0.2) is 0 Å². The number of piperidine rings is 1. The SMILES string of the molecule is NC(=O)C1(N)CCCC1CCN1CCCCC1. The van der Waals surface area contributed by atoms with Crippen molar-refractivity contribution in [1.29, 1.82) is 0 Å². The smallest absolute Gasteiger partial charge is 0.237 e. The van der Waals surface area contributed by atoms with Crippen molar-refractivity contribution < 1.29 is 4.79 Å². The second-order valence-corrected chi connectivity index (χ2v) is 5.68. The lowest BCUT2D eigenvalue weighted by atomic mass is 9.85. The molecule has 0 radical (unpaired) electrons. The number of amides is 1. The fourth-order valence-corrected chi connectivity index (χ4v) is 3.35. The van der Waals surface area contributed by atoms with Crippen LogP contribution >= 0.6 is 0 Å². The average Bonchev–Trinajstić information content (AvgIpc) is 2.71. The molecule has 1 aliphatic heterocycles. The van der Waals surface area contributed by atoms with E-state index in [0.717, 1.165) is 32.2 Å². The molecule has 98 valence electrons. The Morgan fingerprint density at radius 1 is 1.24 bits per heavy atom. The van der Waals surface area contributed by atoms with Crippen molar-refractivity contribution in [2.45, 2.75) is 50.5 Å². The molecule has 4 nitrogen and oxygen atoms in total. The summed E-state index contributed by atoms with van der Waals surface area (Å²) in [7, 11) is 0. The quantitative estimate of drug-likeness (QED) is 0.764. The van der Waals surface area contributed by atoms with Gasteiger partial charge in [-0.25, -0.2) is 0 Å². The molecule has 2 fully saturated rings. The molecular formula is C13H25N3O. The molecule has 17 heavy (non-hydrogen) atoms. The van der Waals surface area contributed by atoms with Gasteiger partial charge < -0.3 is 16.4 Å². The van der Waals surface area contributed by atoms with Crippen LogP contribution in [0.1, 0.15) is 44.9 Å². The third kappa shape index (κ3) is 2.80. The van der Waals surface area contributed by atoms with Crippen molar-refractivity contribution >= 4 is 5.91 Å². The summed E-state index contributed by atoms with van der Waals surface area (Å²) in [6.45, 7) is 3.50. The van der Waals surface area contributed by atoms with E-state index in [1.165, 1.54) is 32.4 Å². The van der Waals surface area contributed by atoms with Gasteiger partial charge in [0.05, 0.1) is 5.54 Å².